The van der Waals surface area contributed by atoms with E-state index in [1.165, 1.54) is 21.2 Å². The molecule has 0 aliphatic rings. The lowest BCUT2D eigenvalue weighted by molar-refractivity contribution is 1.36. The van der Waals surface area contributed by atoms with Gasteiger partial charge in [0.1, 0.15) is 12.0 Å². The molecule has 0 amide bonds. The summed E-state index contributed by atoms with van der Waals surface area (Å²) in [7, 11) is 0.150. The van der Waals surface area contributed by atoms with Crippen molar-refractivity contribution in [3.05, 3.63) is 77.9 Å². The van der Waals surface area contributed by atoms with Crippen LogP contribution in [0.25, 0.3) is 10.8 Å². The lowest BCUT2D eigenvalue weighted by Crippen LogP contribution is -2.04. The summed E-state index contributed by atoms with van der Waals surface area (Å²) in [6, 6.07) is 25.2. The van der Waals surface area contributed by atoms with Gasteiger partial charge in [-0.1, -0.05) is 42.5 Å². The molecule has 3 aromatic carbocycles. The van der Waals surface area contributed by atoms with Crippen molar-refractivity contribution in [1.29, 1.82) is 5.26 Å². The summed E-state index contributed by atoms with van der Waals surface area (Å²) in [4.78, 5) is 1.41. The first-order valence-corrected chi connectivity index (χ1v) is 8.67. The van der Waals surface area contributed by atoms with Crippen molar-refractivity contribution in [2.24, 2.45) is 0 Å². The molecule has 1 unspecified atom stereocenters. The number of nitrogens with zero attached hydrogens (tertiary/aromatic N) is 1. The maximum atomic E-state index is 8.86. The largest absolute Gasteiger partial charge is 0.192 e. The van der Waals surface area contributed by atoms with E-state index in [1.54, 1.807) is 0 Å². The summed E-state index contributed by atoms with van der Waals surface area (Å²) >= 11 is 0. The zero-order chi connectivity index (χ0) is 14.7. The SMILES string of the molecule is C[S+](Cc1ccc(C#N)cc1)c1cccc2ccccc12. The lowest BCUT2D eigenvalue weighted by Gasteiger charge is -2.07. The maximum absolute atomic E-state index is 8.86. The Hall–Kier alpha value is -2.24. The van der Waals surface area contributed by atoms with Crippen LogP contribution < -0.4 is 0 Å². The first-order valence-electron chi connectivity index (χ1n) is 6.87. The van der Waals surface area contributed by atoms with Crippen molar-refractivity contribution >= 4 is 21.7 Å². The standard InChI is InChI=1S/C19H16NS/c1-21(14-16-11-9-15(13-20)10-12-16)19-8-4-6-17-5-2-3-7-18(17)19/h2-12H,14H2,1H3/q+1. The normalized spacial score (nSPS) is 12.0. The molecule has 0 heterocycles. The van der Waals surface area contributed by atoms with Crippen molar-refractivity contribution < 1.29 is 0 Å². The molecule has 2 heteroatoms. The fourth-order valence-electron chi connectivity index (χ4n) is 2.50. The van der Waals surface area contributed by atoms with Gasteiger partial charge in [-0.2, -0.15) is 5.26 Å². The summed E-state index contributed by atoms with van der Waals surface area (Å²) < 4.78 is 0. The minimum atomic E-state index is 0.150. The molecule has 0 radical (unpaired) electrons. The smallest absolute Gasteiger partial charge is 0.162 e. The van der Waals surface area contributed by atoms with E-state index >= 15 is 0 Å². The number of rotatable bonds is 3. The molecule has 0 aromatic heterocycles. The van der Waals surface area contributed by atoms with Gasteiger partial charge in [-0.25, -0.2) is 0 Å². The van der Waals surface area contributed by atoms with E-state index in [1.807, 2.05) is 12.1 Å². The molecule has 0 N–H and O–H groups in total. The number of benzene rings is 3. The third-order valence-electron chi connectivity index (χ3n) is 3.59. The zero-order valence-electron chi connectivity index (χ0n) is 11.9. The lowest BCUT2D eigenvalue weighted by atomic mass is 10.1. The minimum absolute atomic E-state index is 0.150. The summed E-state index contributed by atoms with van der Waals surface area (Å²) in [6.45, 7) is 0. The summed E-state index contributed by atoms with van der Waals surface area (Å²) in [5, 5.41) is 11.5. The second kappa shape index (κ2) is 6.03. The molecule has 0 spiro atoms. The number of nitriles is 1. The molecule has 0 bridgehead atoms. The van der Waals surface area contributed by atoms with Gasteiger partial charge in [-0.15, -0.1) is 0 Å². The minimum Gasteiger partial charge on any atom is -0.192 e. The van der Waals surface area contributed by atoms with Gasteiger partial charge in [0.05, 0.1) is 11.6 Å². The first-order chi connectivity index (χ1) is 10.3. The second-order valence-electron chi connectivity index (χ2n) is 5.07. The van der Waals surface area contributed by atoms with Crippen molar-refractivity contribution in [1.82, 2.24) is 0 Å². The molecule has 1 atom stereocenters. The summed E-state index contributed by atoms with van der Waals surface area (Å²) in [5.41, 5.74) is 2.01. The average Bonchev–Trinajstić information content (AvgIpc) is 2.55. The van der Waals surface area contributed by atoms with Crippen LogP contribution in [0, 0.1) is 11.3 Å². The van der Waals surface area contributed by atoms with E-state index in [2.05, 4.69) is 66.9 Å². The van der Waals surface area contributed by atoms with Gasteiger partial charge in [-0.3, -0.25) is 0 Å². The molecule has 21 heavy (non-hydrogen) atoms. The predicted octanol–water partition coefficient (Wildman–Crippen LogP) is 4.52. The Morgan fingerprint density at radius 1 is 0.905 bits per heavy atom. The van der Waals surface area contributed by atoms with E-state index in [9.17, 15) is 0 Å². The highest BCUT2D eigenvalue weighted by atomic mass is 32.2. The van der Waals surface area contributed by atoms with Crippen LogP contribution in [-0.4, -0.2) is 6.26 Å². The molecule has 102 valence electrons. The van der Waals surface area contributed by atoms with Crippen LogP contribution in [0.15, 0.2) is 71.6 Å². The molecule has 0 saturated carbocycles. The topological polar surface area (TPSA) is 23.8 Å². The number of hydrogen-bond donors (Lipinski definition) is 0. The van der Waals surface area contributed by atoms with Crippen LogP contribution in [0.5, 0.6) is 0 Å². The molecule has 1 nitrogen and oxygen atoms in total. The third kappa shape index (κ3) is 2.94. The van der Waals surface area contributed by atoms with E-state index < -0.39 is 0 Å². The number of hydrogen-bond acceptors (Lipinski definition) is 1. The molecule has 0 aliphatic heterocycles. The average molecular weight is 290 g/mol. The van der Waals surface area contributed by atoms with Crippen LogP contribution in [0.2, 0.25) is 0 Å². The van der Waals surface area contributed by atoms with Crippen LogP contribution in [0.4, 0.5) is 0 Å². The summed E-state index contributed by atoms with van der Waals surface area (Å²) in [5.74, 6) is 1.01. The van der Waals surface area contributed by atoms with Crippen molar-refractivity contribution in [3.63, 3.8) is 0 Å². The van der Waals surface area contributed by atoms with Crippen LogP contribution >= 0.6 is 0 Å². The van der Waals surface area contributed by atoms with E-state index in [0.717, 1.165) is 11.3 Å². The molecule has 0 saturated heterocycles. The molecule has 0 fully saturated rings. The van der Waals surface area contributed by atoms with Gasteiger partial charge >= 0.3 is 0 Å². The first kappa shape index (κ1) is 13.7. The molecular formula is C19H16NS+. The Kier molecular flexibility index (Phi) is 3.94. The Morgan fingerprint density at radius 2 is 1.62 bits per heavy atom. The second-order valence-corrected chi connectivity index (χ2v) is 7.07. The molecule has 3 aromatic rings. The van der Waals surface area contributed by atoms with Gasteiger partial charge in [0.2, 0.25) is 0 Å². The highest BCUT2D eigenvalue weighted by Gasteiger charge is 2.18. The monoisotopic (exact) mass is 290 g/mol. The summed E-state index contributed by atoms with van der Waals surface area (Å²) in [6.07, 6.45) is 2.29. The quantitative estimate of drug-likeness (QED) is 0.651. The van der Waals surface area contributed by atoms with Gasteiger partial charge < -0.3 is 0 Å². The Bertz CT molecular complexity index is 794. The van der Waals surface area contributed by atoms with Gasteiger partial charge in [0.25, 0.3) is 0 Å². The maximum Gasteiger partial charge on any atom is 0.162 e. The van der Waals surface area contributed by atoms with Crippen LogP contribution in [0.3, 0.4) is 0 Å². The fourth-order valence-corrected chi connectivity index (χ4v) is 4.22. The third-order valence-corrected chi connectivity index (χ3v) is 5.46. The Balaban J connectivity index is 1.90. The fraction of sp³-hybridized carbons (Fsp3) is 0.105. The van der Waals surface area contributed by atoms with Crippen molar-refractivity contribution in [2.45, 2.75) is 10.6 Å². The van der Waals surface area contributed by atoms with Gasteiger partial charge in [0.15, 0.2) is 4.90 Å². The van der Waals surface area contributed by atoms with Gasteiger partial charge in [0, 0.05) is 21.8 Å². The van der Waals surface area contributed by atoms with Gasteiger partial charge in [-0.05, 0) is 29.7 Å². The zero-order valence-corrected chi connectivity index (χ0v) is 12.7. The molecule has 3 rings (SSSR count). The van der Waals surface area contributed by atoms with Crippen LogP contribution in [0.1, 0.15) is 11.1 Å². The Labute approximate surface area is 128 Å². The van der Waals surface area contributed by atoms with Crippen LogP contribution in [-0.2, 0) is 16.6 Å². The van der Waals surface area contributed by atoms with E-state index in [0.29, 0.717) is 0 Å². The molecular weight excluding hydrogens is 274 g/mol. The van der Waals surface area contributed by atoms with E-state index in [4.69, 9.17) is 5.26 Å². The van der Waals surface area contributed by atoms with Crippen molar-refractivity contribution in [2.75, 3.05) is 6.26 Å². The number of fused-ring (bicyclic) bond motifs is 1. The molecule has 0 aliphatic carbocycles. The van der Waals surface area contributed by atoms with E-state index in [-0.39, 0.29) is 10.9 Å². The van der Waals surface area contributed by atoms with Crippen molar-refractivity contribution in [3.8, 4) is 6.07 Å². The predicted molar refractivity (Wildman–Crippen MR) is 90.4 cm³/mol. The highest BCUT2D eigenvalue weighted by molar-refractivity contribution is 7.95. The Morgan fingerprint density at radius 3 is 2.38 bits per heavy atom. The highest BCUT2D eigenvalue weighted by Crippen LogP contribution is 2.26.